The maximum Gasteiger partial charge on any atom is 0.414 e. The van der Waals surface area contributed by atoms with Gasteiger partial charge < -0.3 is 19.5 Å². The lowest BCUT2D eigenvalue weighted by Crippen LogP contribution is -2.33. The number of carbonyl (C=O) groups excluding carboxylic acids is 2. The number of carbonyl (C=O) groups is 2. The van der Waals surface area contributed by atoms with E-state index in [1.54, 1.807) is 25.3 Å². The van der Waals surface area contributed by atoms with Gasteiger partial charge in [-0.2, -0.15) is 0 Å². The number of rotatable bonds is 5. The highest BCUT2D eigenvalue weighted by Crippen LogP contribution is 2.33. The lowest BCUT2D eigenvalue weighted by Gasteiger charge is -2.15. The van der Waals surface area contributed by atoms with E-state index in [1.807, 2.05) is 0 Å². The fourth-order valence-electron chi connectivity index (χ4n) is 2.09. The van der Waals surface area contributed by atoms with Crippen LogP contribution in [0.1, 0.15) is 6.92 Å². The predicted molar refractivity (Wildman–Crippen MR) is 75.8 cm³/mol. The molecule has 114 valence electrons. The van der Waals surface area contributed by atoms with Gasteiger partial charge in [0.05, 0.1) is 33.0 Å². The van der Waals surface area contributed by atoms with Gasteiger partial charge in [0.1, 0.15) is 6.10 Å². The molecule has 2 amide bonds. The smallest absolute Gasteiger partial charge is 0.414 e. The highest BCUT2D eigenvalue weighted by atomic mass is 16.6. The van der Waals surface area contributed by atoms with Crippen molar-refractivity contribution in [2.45, 2.75) is 13.0 Å². The predicted octanol–water partition coefficient (Wildman–Crippen LogP) is 1.17. The Morgan fingerprint density at radius 1 is 1.38 bits per heavy atom. The summed E-state index contributed by atoms with van der Waals surface area (Å²) in [6.45, 7) is 2.09. The Labute approximate surface area is 122 Å². The van der Waals surface area contributed by atoms with Crippen LogP contribution in [0.25, 0.3) is 0 Å². The lowest BCUT2D eigenvalue weighted by molar-refractivity contribution is -0.119. The molecule has 1 aliphatic heterocycles. The van der Waals surface area contributed by atoms with Gasteiger partial charge in [-0.3, -0.25) is 9.69 Å². The van der Waals surface area contributed by atoms with Gasteiger partial charge in [-0.1, -0.05) is 0 Å². The summed E-state index contributed by atoms with van der Waals surface area (Å²) in [6.07, 6.45) is -0.813. The monoisotopic (exact) mass is 294 g/mol. The highest BCUT2D eigenvalue weighted by Gasteiger charge is 2.32. The summed E-state index contributed by atoms with van der Waals surface area (Å²) in [6, 6.07) is 5.19. The van der Waals surface area contributed by atoms with Crippen LogP contribution in [0.5, 0.6) is 11.5 Å². The van der Waals surface area contributed by atoms with Gasteiger partial charge in [0.15, 0.2) is 11.5 Å². The average Bonchev–Trinajstić information content (AvgIpc) is 2.85. The third kappa shape index (κ3) is 3.36. The summed E-state index contributed by atoms with van der Waals surface area (Å²) in [5.41, 5.74) is 0.656. The van der Waals surface area contributed by atoms with Crippen molar-refractivity contribution < 1.29 is 23.8 Å². The number of cyclic esters (lactones) is 1. The number of ether oxygens (including phenoxy) is 3. The number of anilines is 1. The molecule has 7 nitrogen and oxygen atoms in total. The number of hydrogen-bond donors (Lipinski definition) is 1. The third-order valence-corrected chi connectivity index (χ3v) is 3.13. The SMILES string of the molecule is COc1ccc(N2CC(CNC(C)=O)OC2=O)cc1OC. The second-order valence-corrected chi connectivity index (χ2v) is 4.59. The lowest BCUT2D eigenvalue weighted by atomic mass is 10.2. The van der Waals surface area contributed by atoms with Crippen molar-refractivity contribution in [1.29, 1.82) is 0 Å². The Kier molecular flexibility index (Phi) is 4.52. The van der Waals surface area contributed by atoms with E-state index in [2.05, 4.69) is 5.32 Å². The molecule has 1 unspecified atom stereocenters. The molecule has 0 bridgehead atoms. The van der Waals surface area contributed by atoms with E-state index >= 15 is 0 Å². The molecule has 1 aromatic carbocycles. The molecule has 0 aliphatic carbocycles. The van der Waals surface area contributed by atoms with Crippen molar-refractivity contribution in [1.82, 2.24) is 5.32 Å². The summed E-state index contributed by atoms with van der Waals surface area (Å²) in [7, 11) is 3.08. The topological polar surface area (TPSA) is 77.1 Å². The summed E-state index contributed by atoms with van der Waals surface area (Å²) < 4.78 is 15.6. The second kappa shape index (κ2) is 6.34. The molecule has 1 saturated heterocycles. The number of amides is 2. The zero-order valence-corrected chi connectivity index (χ0v) is 12.2. The van der Waals surface area contributed by atoms with Crippen LogP contribution in [-0.4, -0.2) is 45.4 Å². The fraction of sp³-hybridized carbons (Fsp3) is 0.429. The molecule has 21 heavy (non-hydrogen) atoms. The number of hydrogen-bond acceptors (Lipinski definition) is 5. The maximum atomic E-state index is 11.9. The van der Waals surface area contributed by atoms with Gasteiger partial charge in [0.2, 0.25) is 5.91 Å². The van der Waals surface area contributed by atoms with Crippen molar-refractivity contribution in [2.75, 3.05) is 32.2 Å². The molecular formula is C14H18N2O5. The Bertz CT molecular complexity index is 546. The third-order valence-electron chi connectivity index (χ3n) is 3.13. The van der Waals surface area contributed by atoms with Gasteiger partial charge in [-0.15, -0.1) is 0 Å². The second-order valence-electron chi connectivity index (χ2n) is 4.59. The molecule has 1 aliphatic rings. The van der Waals surface area contributed by atoms with Crippen LogP contribution >= 0.6 is 0 Å². The van der Waals surface area contributed by atoms with Crippen LogP contribution in [0.2, 0.25) is 0 Å². The van der Waals surface area contributed by atoms with Crippen LogP contribution < -0.4 is 19.7 Å². The van der Waals surface area contributed by atoms with E-state index in [1.165, 1.54) is 18.9 Å². The standard InChI is InChI=1S/C14H18N2O5/c1-9(17)15-7-11-8-16(14(18)21-11)10-4-5-12(19-2)13(6-10)20-3/h4-6,11H,7-8H2,1-3H3,(H,15,17). The average molecular weight is 294 g/mol. The summed E-state index contributed by atoms with van der Waals surface area (Å²) in [5, 5.41) is 2.63. The normalized spacial score (nSPS) is 17.4. The first kappa shape index (κ1) is 15.0. The first-order chi connectivity index (χ1) is 10.0. The van der Waals surface area contributed by atoms with E-state index in [4.69, 9.17) is 14.2 Å². The molecule has 1 N–H and O–H groups in total. The van der Waals surface area contributed by atoms with E-state index in [0.29, 0.717) is 30.3 Å². The van der Waals surface area contributed by atoms with E-state index in [9.17, 15) is 9.59 Å². The molecule has 2 rings (SSSR count). The Morgan fingerprint density at radius 2 is 2.10 bits per heavy atom. The van der Waals surface area contributed by atoms with Crippen LogP contribution in [0.4, 0.5) is 10.5 Å². The molecule has 1 atom stereocenters. The Hall–Kier alpha value is -2.44. The van der Waals surface area contributed by atoms with Gasteiger partial charge >= 0.3 is 6.09 Å². The van der Waals surface area contributed by atoms with Crippen LogP contribution in [0.15, 0.2) is 18.2 Å². The van der Waals surface area contributed by atoms with E-state index in [-0.39, 0.29) is 12.0 Å². The number of methoxy groups -OCH3 is 2. The molecule has 7 heteroatoms. The van der Waals surface area contributed by atoms with Crippen molar-refractivity contribution in [3.63, 3.8) is 0 Å². The van der Waals surface area contributed by atoms with Crippen molar-refractivity contribution in [3.8, 4) is 11.5 Å². The van der Waals surface area contributed by atoms with E-state index < -0.39 is 6.09 Å². The van der Waals surface area contributed by atoms with Crippen molar-refractivity contribution in [3.05, 3.63) is 18.2 Å². The maximum absolute atomic E-state index is 11.9. The first-order valence-corrected chi connectivity index (χ1v) is 6.49. The zero-order valence-electron chi connectivity index (χ0n) is 12.2. The van der Waals surface area contributed by atoms with Gasteiger partial charge in [0, 0.05) is 13.0 Å². The minimum atomic E-state index is -0.447. The molecular weight excluding hydrogens is 276 g/mol. The van der Waals surface area contributed by atoms with Crippen molar-refractivity contribution in [2.24, 2.45) is 0 Å². The fourth-order valence-corrected chi connectivity index (χ4v) is 2.09. The van der Waals surface area contributed by atoms with Crippen molar-refractivity contribution >= 4 is 17.7 Å². The van der Waals surface area contributed by atoms with Gasteiger partial charge in [-0.05, 0) is 12.1 Å². The Morgan fingerprint density at radius 3 is 2.71 bits per heavy atom. The van der Waals surface area contributed by atoms with E-state index in [0.717, 1.165) is 0 Å². The largest absolute Gasteiger partial charge is 0.493 e. The number of benzene rings is 1. The van der Waals surface area contributed by atoms with Crippen LogP contribution in [0.3, 0.4) is 0 Å². The first-order valence-electron chi connectivity index (χ1n) is 6.49. The number of nitrogens with zero attached hydrogens (tertiary/aromatic N) is 1. The molecule has 0 radical (unpaired) electrons. The minimum Gasteiger partial charge on any atom is -0.493 e. The molecule has 1 heterocycles. The minimum absolute atomic E-state index is 0.157. The Balaban J connectivity index is 2.11. The van der Waals surface area contributed by atoms with Crippen LogP contribution in [-0.2, 0) is 9.53 Å². The zero-order chi connectivity index (χ0) is 15.4. The summed E-state index contributed by atoms with van der Waals surface area (Å²) in [5.74, 6) is 0.965. The molecule has 0 saturated carbocycles. The van der Waals surface area contributed by atoms with Gasteiger partial charge in [-0.25, -0.2) is 4.79 Å². The summed E-state index contributed by atoms with van der Waals surface area (Å²) >= 11 is 0. The summed E-state index contributed by atoms with van der Waals surface area (Å²) in [4.78, 5) is 24.3. The highest BCUT2D eigenvalue weighted by molar-refractivity contribution is 5.90. The molecule has 0 spiro atoms. The quantitative estimate of drug-likeness (QED) is 0.882. The molecule has 0 aromatic heterocycles. The molecule has 1 aromatic rings. The van der Waals surface area contributed by atoms with Gasteiger partial charge in [0.25, 0.3) is 0 Å². The van der Waals surface area contributed by atoms with Crippen LogP contribution in [0, 0.1) is 0 Å². The number of nitrogens with one attached hydrogen (secondary N) is 1. The molecule has 1 fully saturated rings.